The van der Waals surface area contributed by atoms with Crippen LogP contribution in [0.1, 0.15) is 30.1 Å². The second kappa shape index (κ2) is 5.09. The average Bonchev–Trinajstić information content (AvgIpc) is 2.36. The number of benzene rings is 1. The molecule has 1 heterocycles. The first-order valence-electron chi connectivity index (χ1n) is 6.29. The van der Waals surface area contributed by atoms with Crippen LogP contribution >= 0.6 is 0 Å². The predicted octanol–water partition coefficient (Wildman–Crippen LogP) is 1.29. The number of rotatable bonds is 2. The number of phenols is 1. The van der Waals surface area contributed by atoms with Crippen molar-refractivity contribution in [2.24, 2.45) is 0 Å². The van der Waals surface area contributed by atoms with Crippen molar-refractivity contribution < 1.29 is 19.9 Å². The van der Waals surface area contributed by atoms with Gasteiger partial charge in [0.25, 0.3) is 5.91 Å². The summed E-state index contributed by atoms with van der Waals surface area (Å²) in [6.07, 6.45) is 1.32. The molecule has 7 heteroatoms. The van der Waals surface area contributed by atoms with Crippen molar-refractivity contribution in [2.45, 2.75) is 25.4 Å². The lowest BCUT2D eigenvalue weighted by molar-refractivity contribution is -0.385. The summed E-state index contributed by atoms with van der Waals surface area (Å²) in [5, 5.41) is 30.1. The highest BCUT2D eigenvalue weighted by molar-refractivity contribution is 5.95. The number of β-amino-alcohol motifs (C(OH)–C–C–N with tert-alkyl or cyclic N) is 1. The normalized spacial score (nSPS) is 22.6. The molecule has 0 aromatic heterocycles. The molecule has 1 aromatic rings. The fourth-order valence-electron chi connectivity index (χ4n) is 2.39. The van der Waals surface area contributed by atoms with E-state index in [2.05, 4.69) is 0 Å². The number of carbonyl (C=O) groups excluding carboxylic acids is 1. The highest BCUT2D eigenvalue weighted by Gasteiger charge is 2.31. The summed E-state index contributed by atoms with van der Waals surface area (Å²) in [7, 11) is 0. The van der Waals surface area contributed by atoms with Gasteiger partial charge in [-0.3, -0.25) is 14.9 Å². The van der Waals surface area contributed by atoms with Crippen molar-refractivity contribution in [1.29, 1.82) is 0 Å². The summed E-state index contributed by atoms with van der Waals surface area (Å²) >= 11 is 0. The number of aromatic hydroxyl groups is 1. The quantitative estimate of drug-likeness (QED) is 0.627. The molecule has 1 aliphatic heterocycles. The topological polar surface area (TPSA) is 104 Å². The molecule has 1 aliphatic rings. The van der Waals surface area contributed by atoms with Gasteiger partial charge < -0.3 is 15.1 Å². The molecular weight excluding hydrogens is 264 g/mol. The molecule has 0 radical (unpaired) electrons. The molecule has 1 saturated heterocycles. The molecule has 1 fully saturated rings. The van der Waals surface area contributed by atoms with E-state index in [1.807, 2.05) is 0 Å². The largest absolute Gasteiger partial charge is 0.502 e. The van der Waals surface area contributed by atoms with Crippen LogP contribution in [-0.4, -0.2) is 44.6 Å². The second-order valence-electron chi connectivity index (χ2n) is 5.29. The Kier molecular flexibility index (Phi) is 3.63. The summed E-state index contributed by atoms with van der Waals surface area (Å²) < 4.78 is 0. The highest BCUT2D eigenvalue weighted by Crippen LogP contribution is 2.28. The fraction of sp³-hybridized carbons (Fsp3) is 0.462. The number of nitro groups is 1. The number of carbonyl (C=O) groups is 1. The van der Waals surface area contributed by atoms with E-state index < -0.39 is 22.0 Å². The van der Waals surface area contributed by atoms with Gasteiger partial charge >= 0.3 is 5.69 Å². The third kappa shape index (κ3) is 2.88. The first kappa shape index (κ1) is 14.3. The van der Waals surface area contributed by atoms with E-state index >= 15 is 0 Å². The monoisotopic (exact) mass is 280 g/mol. The van der Waals surface area contributed by atoms with Crippen LogP contribution in [0.2, 0.25) is 0 Å². The second-order valence-corrected chi connectivity index (χ2v) is 5.29. The van der Waals surface area contributed by atoms with Gasteiger partial charge in [-0.25, -0.2) is 0 Å². The van der Waals surface area contributed by atoms with Gasteiger partial charge in [0.05, 0.1) is 10.5 Å². The Morgan fingerprint density at radius 1 is 1.50 bits per heavy atom. The lowest BCUT2D eigenvalue weighted by Crippen LogP contribution is -2.48. The Labute approximate surface area is 115 Å². The van der Waals surface area contributed by atoms with Crippen LogP contribution in [-0.2, 0) is 0 Å². The number of amides is 1. The Bertz CT molecular complexity index is 556. The molecule has 1 aromatic carbocycles. The van der Waals surface area contributed by atoms with Crippen LogP contribution in [0, 0.1) is 10.1 Å². The van der Waals surface area contributed by atoms with E-state index in [1.54, 1.807) is 6.92 Å². The van der Waals surface area contributed by atoms with Gasteiger partial charge in [0.15, 0.2) is 5.75 Å². The maximum absolute atomic E-state index is 12.3. The molecule has 1 atom stereocenters. The predicted molar refractivity (Wildman–Crippen MR) is 70.5 cm³/mol. The van der Waals surface area contributed by atoms with E-state index in [0.717, 1.165) is 12.1 Å². The molecule has 2 N–H and O–H groups in total. The van der Waals surface area contributed by atoms with E-state index in [9.17, 15) is 25.1 Å². The smallest absolute Gasteiger partial charge is 0.310 e. The Morgan fingerprint density at radius 3 is 2.75 bits per heavy atom. The van der Waals surface area contributed by atoms with Gasteiger partial charge in [-0.15, -0.1) is 0 Å². The van der Waals surface area contributed by atoms with Crippen LogP contribution in [0.15, 0.2) is 18.2 Å². The first-order valence-corrected chi connectivity index (χ1v) is 6.29. The van der Waals surface area contributed by atoms with Crippen molar-refractivity contribution in [1.82, 2.24) is 4.90 Å². The van der Waals surface area contributed by atoms with E-state index in [0.29, 0.717) is 19.4 Å². The number of hydrogen-bond acceptors (Lipinski definition) is 5. The van der Waals surface area contributed by atoms with Gasteiger partial charge in [-0.1, -0.05) is 0 Å². The minimum Gasteiger partial charge on any atom is -0.502 e. The van der Waals surface area contributed by atoms with E-state index in [4.69, 9.17) is 0 Å². The number of likely N-dealkylation sites (tertiary alicyclic amines) is 1. The summed E-state index contributed by atoms with van der Waals surface area (Å²) in [6, 6.07) is 3.50. The van der Waals surface area contributed by atoms with Crippen LogP contribution in [0.25, 0.3) is 0 Å². The van der Waals surface area contributed by atoms with Crippen molar-refractivity contribution in [3.05, 3.63) is 33.9 Å². The lowest BCUT2D eigenvalue weighted by Gasteiger charge is -2.36. The van der Waals surface area contributed by atoms with Gasteiger partial charge in [0.1, 0.15) is 0 Å². The Hall–Kier alpha value is -2.15. The molecule has 2 rings (SSSR count). The van der Waals surface area contributed by atoms with Gasteiger partial charge in [-0.05, 0) is 31.9 Å². The molecule has 0 bridgehead atoms. The van der Waals surface area contributed by atoms with Crippen LogP contribution in [0.4, 0.5) is 5.69 Å². The van der Waals surface area contributed by atoms with Crippen molar-refractivity contribution in [3.63, 3.8) is 0 Å². The van der Waals surface area contributed by atoms with E-state index in [1.165, 1.54) is 11.0 Å². The SMILES string of the molecule is CC1(O)CCCN(C(=O)c2ccc([N+](=O)[O-])c(O)c2)C1. The van der Waals surface area contributed by atoms with Gasteiger partial charge in [0.2, 0.25) is 0 Å². The molecule has 20 heavy (non-hydrogen) atoms. The molecule has 0 aliphatic carbocycles. The Morgan fingerprint density at radius 2 is 2.20 bits per heavy atom. The molecule has 1 amide bonds. The zero-order valence-corrected chi connectivity index (χ0v) is 11.1. The van der Waals surface area contributed by atoms with Crippen LogP contribution < -0.4 is 0 Å². The third-order valence-electron chi connectivity index (χ3n) is 3.38. The van der Waals surface area contributed by atoms with Crippen molar-refractivity contribution in [2.75, 3.05) is 13.1 Å². The summed E-state index contributed by atoms with van der Waals surface area (Å²) in [4.78, 5) is 23.6. The minimum absolute atomic E-state index is 0.172. The number of nitro benzene ring substituents is 1. The number of hydrogen-bond donors (Lipinski definition) is 2. The summed E-state index contributed by atoms with van der Waals surface area (Å²) in [6.45, 7) is 2.40. The zero-order valence-electron chi connectivity index (χ0n) is 11.1. The van der Waals surface area contributed by atoms with Gasteiger partial charge in [-0.2, -0.15) is 0 Å². The van der Waals surface area contributed by atoms with E-state index in [-0.39, 0.29) is 18.0 Å². The standard InChI is InChI=1S/C13H16N2O5/c1-13(18)5-2-6-14(8-13)12(17)9-3-4-10(15(19)20)11(16)7-9/h3-4,7,16,18H,2,5-6,8H2,1H3. The highest BCUT2D eigenvalue weighted by atomic mass is 16.6. The van der Waals surface area contributed by atoms with Gasteiger partial charge in [0, 0.05) is 24.7 Å². The summed E-state index contributed by atoms with van der Waals surface area (Å²) in [5.41, 5.74) is -1.19. The molecule has 0 spiro atoms. The number of phenolic OH excluding ortho intramolecular Hbond substituents is 1. The maximum Gasteiger partial charge on any atom is 0.310 e. The first-order chi connectivity index (χ1) is 9.30. The molecule has 0 saturated carbocycles. The third-order valence-corrected chi connectivity index (χ3v) is 3.38. The number of piperidine rings is 1. The zero-order chi connectivity index (χ0) is 14.9. The molecule has 7 nitrogen and oxygen atoms in total. The van der Waals surface area contributed by atoms with Crippen molar-refractivity contribution >= 4 is 11.6 Å². The molecule has 1 unspecified atom stereocenters. The summed E-state index contributed by atoms with van der Waals surface area (Å²) in [5.74, 6) is -0.889. The lowest BCUT2D eigenvalue weighted by atomic mass is 9.94. The molecule has 108 valence electrons. The minimum atomic E-state index is -0.920. The van der Waals surface area contributed by atoms with Crippen molar-refractivity contribution in [3.8, 4) is 5.75 Å². The Balaban J connectivity index is 2.21. The molecular formula is C13H16N2O5. The average molecular weight is 280 g/mol. The maximum atomic E-state index is 12.3. The fourth-order valence-corrected chi connectivity index (χ4v) is 2.39. The van der Waals surface area contributed by atoms with Crippen LogP contribution in [0.3, 0.4) is 0 Å². The van der Waals surface area contributed by atoms with Crippen LogP contribution in [0.5, 0.6) is 5.75 Å². The number of nitrogens with zero attached hydrogens (tertiary/aromatic N) is 2. The number of aliphatic hydroxyl groups is 1.